The van der Waals surface area contributed by atoms with Gasteiger partial charge in [0.05, 0.1) is 12.6 Å². The van der Waals surface area contributed by atoms with Gasteiger partial charge in [-0.1, -0.05) is 28.1 Å². The zero-order valence-corrected chi connectivity index (χ0v) is 11.9. The number of hydrogen-bond acceptors (Lipinski definition) is 3. The molecule has 0 spiro atoms. The van der Waals surface area contributed by atoms with Crippen molar-refractivity contribution in [3.63, 3.8) is 0 Å². The molecule has 1 heterocycles. The van der Waals surface area contributed by atoms with E-state index in [1.807, 2.05) is 29.2 Å². The second-order valence-corrected chi connectivity index (χ2v) is 5.36. The highest BCUT2D eigenvalue weighted by Gasteiger charge is 2.38. The number of halogens is 1. The van der Waals surface area contributed by atoms with Crippen LogP contribution in [0.3, 0.4) is 0 Å². The Bertz CT molecular complexity index is 439. The number of ether oxygens (including phenoxy) is 1. The molecule has 0 saturated carbocycles. The number of amides is 1. The van der Waals surface area contributed by atoms with Crippen LogP contribution in [0, 0.1) is 0 Å². The number of carbonyl (C=O) groups is 1. The minimum Gasteiger partial charge on any atom is -0.383 e. The van der Waals surface area contributed by atoms with Crippen LogP contribution in [-0.2, 0) is 9.53 Å². The van der Waals surface area contributed by atoms with Crippen LogP contribution in [-0.4, -0.2) is 37.1 Å². The van der Waals surface area contributed by atoms with Crippen molar-refractivity contribution in [3.05, 3.63) is 34.3 Å². The zero-order chi connectivity index (χ0) is 13.1. The van der Waals surface area contributed by atoms with Crippen molar-refractivity contribution in [2.45, 2.75) is 18.5 Å². The van der Waals surface area contributed by atoms with Crippen LogP contribution in [0.2, 0.25) is 0 Å². The fourth-order valence-electron chi connectivity index (χ4n) is 2.39. The minimum atomic E-state index is -0.149. The lowest BCUT2D eigenvalue weighted by molar-refractivity contribution is -0.129. The molecular formula is C13H17BrN2O2. The lowest BCUT2D eigenvalue weighted by atomic mass is 10.0. The van der Waals surface area contributed by atoms with E-state index in [2.05, 4.69) is 15.9 Å². The second kappa shape index (κ2) is 5.82. The van der Waals surface area contributed by atoms with Crippen molar-refractivity contribution in [3.8, 4) is 0 Å². The molecule has 98 valence electrons. The molecule has 2 N–H and O–H groups in total. The first-order valence-electron chi connectivity index (χ1n) is 5.93. The average Bonchev–Trinajstić information content (AvgIpc) is 2.61. The maximum absolute atomic E-state index is 11.9. The number of rotatable bonds is 4. The first-order chi connectivity index (χ1) is 8.63. The van der Waals surface area contributed by atoms with E-state index in [4.69, 9.17) is 10.5 Å². The van der Waals surface area contributed by atoms with Crippen molar-refractivity contribution in [2.24, 2.45) is 5.73 Å². The molecule has 4 nitrogen and oxygen atoms in total. The summed E-state index contributed by atoms with van der Waals surface area (Å²) in [5.74, 6) is 0.101. The molecule has 1 aliphatic rings. The van der Waals surface area contributed by atoms with Gasteiger partial charge in [-0.2, -0.15) is 0 Å². The molecule has 1 aromatic rings. The van der Waals surface area contributed by atoms with E-state index in [1.54, 1.807) is 7.11 Å². The Kier molecular flexibility index (Phi) is 4.37. The maximum atomic E-state index is 11.9. The molecule has 1 aromatic carbocycles. The van der Waals surface area contributed by atoms with E-state index in [0.29, 0.717) is 19.6 Å². The van der Waals surface area contributed by atoms with E-state index in [-0.39, 0.29) is 18.0 Å². The standard InChI is InChI=1S/C13H17BrN2O2/c1-18-6-5-16-12(17)8-11(15)13(16)9-3-2-4-10(14)7-9/h2-4,7,11,13H,5-6,8,15H2,1H3. The summed E-state index contributed by atoms with van der Waals surface area (Å²) in [7, 11) is 1.63. The minimum absolute atomic E-state index is 0.0508. The summed E-state index contributed by atoms with van der Waals surface area (Å²) in [6.07, 6.45) is 0.404. The highest BCUT2D eigenvalue weighted by Crippen LogP contribution is 2.32. The molecule has 0 radical (unpaired) electrons. The number of hydrogen-bond donors (Lipinski definition) is 1. The van der Waals surface area contributed by atoms with Crippen molar-refractivity contribution in [1.82, 2.24) is 4.90 Å². The van der Waals surface area contributed by atoms with Crippen LogP contribution in [0.4, 0.5) is 0 Å². The molecule has 2 rings (SSSR count). The normalized spacial score (nSPS) is 23.7. The molecule has 0 aromatic heterocycles. The van der Waals surface area contributed by atoms with Gasteiger partial charge in [0.25, 0.3) is 0 Å². The first-order valence-corrected chi connectivity index (χ1v) is 6.72. The molecule has 1 aliphatic heterocycles. The van der Waals surface area contributed by atoms with E-state index < -0.39 is 0 Å². The highest BCUT2D eigenvalue weighted by atomic mass is 79.9. The maximum Gasteiger partial charge on any atom is 0.224 e. The summed E-state index contributed by atoms with van der Waals surface area (Å²) in [5.41, 5.74) is 7.16. The molecule has 0 bridgehead atoms. The van der Waals surface area contributed by atoms with Crippen LogP contribution in [0.25, 0.3) is 0 Å². The molecule has 0 aliphatic carbocycles. The van der Waals surface area contributed by atoms with E-state index in [9.17, 15) is 4.79 Å². The van der Waals surface area contributed by atoms with E-state index in [0.717, 1.165) is 10.0 Å². The fraction of sp³-hybridized carbons (Fsp3) is 0.462. The molecule has 1 amide bonds. The van der Waals surface area contributed by atoms with Gasteiger partial charge < -0.3 is 15.4 Å². The SMILES string of the molecule is COCCN1C(=O)CC(N)C1c1cccc(Br)c1. The third-order valence-corrected chi connectivity index (χ3v) is 3.69. The van der Waals surface area contributed by atoms with Gasteiger partial charge in [-0.3, -0.25) is 4.79 Å². The predicted octanol–water partition coefficient (Wildman–Crippen LogP) is 1.70. The molecule has 5 heteroatoms. The average molecular weight is 313 g/mol. The number of nitrogens with zero attached hydrogens (tertiary/aromatic N) is 1. The van der Waals surface area contributed by atoms with Crippen LogP contribution in [0.5, 0.6) is 0 Å². The molecular weight excluding hydrogens is 296 g/mol. The third-order valence-electron chi connectivity index (χ3n) is 3.20. The topological polar surface area (TPSA) is 55.6 Å². The summed E-state index contributed by atoms with van der Waals surface area (Å²) < 4.78 is 6.05. The molecule has 1 fully saturated rings. The Morgan fingerprint density at radius 2 is 2.33 bits per heavy atom. The second-order valence-electron chi connectivity index (χ2n) is 4.45. The molecule has 2 unspecified atom stereocenters. The third kappa shape index (κ3) is 2.74. The number of carbonyl (C=O) groups excluding carboxylic acids is 1. The first kappa shape index (κ1) is 13.5. The summed E-state index contributed by atoms with van der Waals surface area (Å²) >= 11 is 3.45. The smallest absolute Gasteiger partial charge is 0.224 e. The largest absolute Gasteiger partial charge is 0.383 e. The summed E-state index contributed by atoms with van der Waals surface area (Å²) in [6, 6.07) is 7.75. The number of benzene rings is 1. The van der Waals surface area contributed by atoms with E-state index in [1.165, 1.54) is 0 Å². The van der Waals surface area contributed by atoms with Gasteiger partial charge in [0.1, 0.15) is 0 Å². The molecule has 2 atom stereocenters. The Morgan fingerprint density at radius 3 is 3.00 bits per heavy atom. The monoisotopic (exact) mass is 312 g/mol. The van der Waals surface area contributed by atoms with Gasteiger partial charge in [-0.05, 0) is 17.7 Å². The van der Waals surface area contributed by atoms with E-state index >= 15 is 0 Å². The summed E-state index contributed by atoms with van der Waals surface area (Å²) in [4.78, 5) is 13.8. The van der Waals surface area contributed by atoms with Crippen LogP contribution < -0.4 is 5.73 Å². The summed E-state index contributed by atoms with van der Waals surface area (Å²) in [5, 5.41) is 0. The number of methoxy groups -OCH3 is 1. The number of nitrogens with two attached hydrogens (primary N) is 1. The Balaban J connectivity index is 2.24. The lowest BCUT2D eigenvalue weighted by Gasteiger charge is -2.27. The Morgan fingerprint density at radius 1 is 1.56 bits per heavy atom. The Labute approximate surface area is 115 Å². The van der Waals surface area contributed by atoms with Crippen molar-refractivity contribution < 1.29 is 9.53 Å². The predicted molar refractivity (Wildman–Crippen MR) is 73.1 cm³/mol. The molecule has 18 heavy (non-hydrogen) atoms. The quantitative estimate of drug-likeness (QED) is 0.920. The van der Waals surface area contributed by atoms with Crippen molar-refractivity contribution >= 4 is 21.8 Å². The fourth-order valence-corrected chi connectivity index (χ4v) is 2.80. The molecule has 1 saturated heterocycles. The highest BCUT2D eigenvalue weighted by molar-refractivity contribution is 9.10. The number of likely N-dealkylation sites (tertiary alicyclic amines) is 1. The van der Waals surface area contributed by atoms with Gasteiger partial charge in [0.2, 0.25) is 5.91 Å². The zero-order valence-electron chi connectivity index (χ0n) is 10.3. The lowest BCUT2D eigenvalue weighted by Crippen LogP contribution is -2.35. The van der Waals surface area contributed by atoms with Gasteiger partial charge >= 0.3 is 0 Å². The van der Waals surface area contributed by atoms with Crippen molar-refractivity contribution in [2.75, 3.05) is 20.3 Å². The van der Waals surface area contributed by atoms with Gasteiger partial charge in [0, 0.05) is 30.6 Å². The Hall–Kier alpha value is -0.910. The summed E-state index contributed by atoms with van der Waals surface area (Å²) in [6.45, 7) is 1.11. The van der Waals surface area contributed by atoms with Crippen LogP contribution in [0.1, 0.15) is 18.0 Å². The van der Waals surface area contributed by atoms with Crippen molar-refractivity contribution in [1.29, 1.82) is 0 Å². The van der Waals surface area contributed by atoms with Gasteiger partial charge in [-0.15, -0.1) is 0 Å². The van der Waals surface area contributed by atoms with Crippen LogP contribution in [0.15, 0.2) is 28.7 Å². The van der Waals surface area contributed by atoms with Crippen LogP contribution >= 0.6 is 15.9 Å². The van der Waals surface area contributed by atoms with Gasteiger partial charge in [0.15, 0.2) is 0 Å². The van der Waals surface area contributed by atoms with Gasteiger partial charge in [-0.25, -0.2) is 0 Å².